The van der Waals surface area contributed by atoms with E-state index in [0.717, 1.165) is 0 Å². The van der Waals surface area contributed by atoms with Crippen LogP contribution in [0.1, 0.15) is 0 Å². The molecule has 0 unspecified atom stereocenters. The number of hydrogen-bond donors (Lipinski definition) is 8. The highest BCUT2D eigenvalue weighted by atomic mass is 31.3. The van der Waals surface area contributed by atoms with Crippen LogP contribution in [0.15, 0.2) is 0 Å². The Morgan fingerprint density at radius 1 is 0.250 bits per heavy atom. The van der Waals surface area contributed by atoms with E-state index in [9.17, 15) is 36.5 Å². The molecule has 24 nitrogen and oxygen atoms in total. The third-order valence-corrected chi connectivity index (χ3v) is 14.9. The maximum atomic E-state index is 11.5. The van der Waals surface area contributed by atoms with Gasteiger partial charge < -0.3 is 39.1 Å². The smallest absolute Gasteiger partial charge is 0.302 e. The van der Waals surface area contributed by atoms with Crippen molar-refractivity contribution >= 4 is 62.6 Å². The molecular weight excluding hydrogens is 632 g/mol. The predicted octanol–water partition coefficient (Wildman–Crippen LogP) is 0.936. The highest BCUT2D eigenvalue weighted by Crippen LogP contribution is 2.79. The monoisotopic (exact) mass is 640 g/mol. The molecule has 192 valence electrons. The molecule has 1 heterocycles. The molecule has 0 atom stereocenters. The Morgan fingerprint density at radius 2 is 0.312 bits per heavy atom. The van der Waals surface area contributed by atoms with Crippen LogP contribution in [0.25, 0.3) is 0 Å². The van der Waals surface area contributed by atoms with Gasteiger partial charge in [0.05, 0.1) is 0 Å². The molecule has 1 aliphatic rings. The lowest BCUT2D eigenvalue weighted by Crippen LogP contribution is -2.02. The second-order valence-corrected chi connectivity index (χ2v) is 17.1. The molecule has 0 saturated carbocycles. The summed E-state index contributed by atoms with van der Waals surface area (Å²) in [5.74, 6) is 0. The Bertz CT molecular complexity index is 803. The highest BCUT2D eigenvalue weighted by molar-refractivity contribution is 7.75. The van der Waals surface area contributed by atoms with E-state index >= 15 is 0 Å². The quantitative estimate of drug-likeness (QED) is 0.171. The minimum Gasteiger partial charge on any atom is -0.302 e. The summed E-state index contributed by atoms with van der Waals surface area (Å²) < 4.78 is 117. The largest absolute Gasteiger partial charge is 0.490 e. The lowest BCUT2D eigenvalue weighted by atomic mass is 15.7. The summed E-state index contributed by atoms with van der Waals surface area (Å²) in [5, 5.41) is 0. The van der Waals surface area contributed by atoms with E-state index in [2.05, 4.69) is 34.5 Å². The SMILES string of the molecule is O=P1(O)OP(=O)(O)OP(=O)(O)OP(=O)(O)OP(=O)(O)OP(=O)(O)OP(=O)(O)OP(=O)(O)O1. The lowest BCUT2D eigenvalue weighted by Gasteiger charge is -2.23. The van der Waals surface area contributed by atoms with Crippen molar-refractivity contribution in [3.8, 4) is 0 Å². The molecule has 0 aromatic carbocycles. The van der Waals surface area contributed by atoms with Crippen LogP contribution in [-0.4, -0.2) is 39.1 Å². The summed E-state index contributed by atoms with van der Waals surface area (Å²) in [6, 6.07) is 0. The Balaban J connectivity index is 3.53. The van der Waals surface area contributed by atoms with Gasteiger partial charge in [0.2, 0.25) is 0 Å². The van der Waals surface area contributed by atoms with Crippen molar-refractivity contribution in [1.29, 1.82) is 0 Å². The molecule has 0 aromatic heterocycles. The van der Waals surface area contributed by atoms with Crippen LogP contribution in [0, 0.1) is 0 Å². The van der Waals surface area contributed by atoms with Gasteiger partial charge in [-0.3, -0.25) is 0 Å². The zero-order valence-corrected chi connectivity index (χ0v) is 20.8. The maximum Gasteiger partial charge on any atom is 0.490 e. The molecule has 1 saturated heterocycles. The molecule has 8 N–H and O–H groups in total. The normalized spacial score (nSPS) is 55.2. The average molecular weight is 640 g/mol. The third kappa shape index (κ3) is 11.8. The van der Waals surface area contributed by atoms with E-state index < -0.39 is 62.6 Å². The molecular formula is H8O24P8. The summed E-state index contributed by atoms with van der Waals surface area (Å²) in [6.07, 6.45) is 0. The van der Waals surface area contributed by atoms with E-state index in [1.54, 1.807) is 0 Å². The number of hydrogen-bond acceptors (Lipinski definition) is 16. The van der Waals surface area contributed by atoms with Gasteiger partial charge in [0.25, 0.3) is 0 Å². The third-order valence-electron chi connectivity index (χ3n) is 1.65. The molecule has 0 aromatic rings. The number of phosphoric acid groups is 8. The Morgan fingerprint density at radius 3 is 0.375 bits per heavy atom. The first-order chi connectivity index (χ1) is 13.7. The molecule has 0 amide bonds. The molecule has 32 heteroatoms. The zero-order chi connectivity index (χ0) is 25.7. The van der Waals surface area contributed by atoms with Crippen LogP contribution in [-0.2, 0) is 71.0 Å². The first-order valence-electron chi connectivity index (χ1n) is 5.98. The van der Waals surface area contributed by atoms with Crippen LogP contribution >= 0.6 is 62.6 Å². The van der Waals surface area contributed by atoms with E-state index in [0.29, 0.717) is 0 Å². The van der Waals surface area contributed by atoms with E-state index in [1.165, 1.54) is 0 Å². The molecule has 1 aliphatic heterocycles. The zero-order valence-electron chi connectivity index (χ0n) is 13.7. The minimum absolute atomic E-state index is 3.21. The Hall–Kier alpha value is 1.20. The maximum absolute atomic E-state index is 11.5. The second kappa shape index (κ2) is 9.58. The van der Waals surface area contributed by atoms with Gasteiger partial charge in [-0.1, -0.05) is 0 Å². The summed E-state index contributed by atoms with van der Waals surface area (Å²) in [5.41, 5.74) is 0. The first-order valence-corrected chi connectivity index (χ1v) is 17.9. The molecule has 0 radical (unpaired) electrons. The van der Waals surface area contributed by atoms with Crippen LogP contribution in [0.3, 0.4) is 0 Å². The first kappa shape index (κ1) is 31.2. The molecule has 32 heavy (non-hydrogen) atoms. The van der Waals surface area contributed by atoms with Gasteiger partial charge in [-0.15, -0.1) is 0 Å². The van der Waals surface area contributed by atoms with Crippen LogP contribution in [0.2, 0.25) is 0 Å². The summed E-state index contributed by atoms with van der Waals surface area (Å²) in [7, 11) is -51.9. The van der Waals surface area contributed by atoms with Crippen molar-refractivity contribution in [2.45, 2.75) is 0 Å². The van der Waals surface area contributed by atoms with Crippen molar-refractivity contribution in [2.75, 3.05) is 0 Å². The highest BCUT2D eigenvalue weighted by Gasteiger charge is 2.53. The van der Waals surface area contributed by atoms with Gasteiger partial charge in [0.15, 0.2) is 0 Å². The average Bonchev–Trinajstić information content (AvgIpc) is 2.21. The van der Waals surface area contributed by atoms with Gasteiger partial charge in [-0.2, -0.15) is 34.5 Å². The number of rotatable bonds is 0. The topological polar surface area (TPSA) is 372 Å². The Kier molecular flexibility index (Phi) is 9.35. The van der Waals surface area contributed by atoms with E-state index in [4.69, 9.17) is 39.1 Å². The standard InChI is InChI=1S/H8O24P8/c1-25(2)17-26(3,4)19-28(7,8)21-30(11,12)23-32(15,16)24-31(13,14)22-29(9,10)20-27(5,6)18-25/h(H,1,2)(H,3,4)(H,5,6)(H,7,8)(H,9,10)(H,11,12)(H,13,14)(H,15,16). The van der Waals surface area contributed by atoms with Crippen molar-refractivity contribution in [2.24, 2.45) is 0 Å². The summed E-state index contributed by atoms with van der Waals surface area (Å²) in [6.45, 7) is 0. The van der Waals surface area contributed by atoms with Gasteiger partial charge in [-0.25, -0.2) is 36.5 Å². The molecule has 0 aliphatic carbocycles. The van der Waals surface area contributed by atoms with Crippen molar-refractivity contribution in [3.05, 3.63) is 0 Å². The summed E-state index contributed by atoms with van der Waals surface area (Å²) >= 11 is 0. The van der Waals surface area contributed by atoms with Crippen LogP contribution in [0.5, 0.6) is 0 Å². The molecule has 0 bridgehead atoms. The van der Waals surface area contributed by atoms with Crippen molar-refractivity contribution in [1.82, 2.24) is 0 Å². The van der Waals surface area contributed by atoms with Gasteiger partial charge in [-0.05, 0) is 0 Å². The molecule has 1 fully saturated rings. The molecule has 1 rings (SSSR count). The fourth-order valence-corrected chi connectivity index (χ4v) is 12.6. The van der Waals surface area contributed by atoms with Gasteiger partial charge in [0, 0.05) is 0 Å². The van der Waals surface area contributed by atoms with Gasteiger partial charge in [0.1, 0.15) is 0 Å². The van der Waals surface area contributed by atoms with E-state index in [1.807, 2.05) is 0 Å². The minimum atomic E-state index is -6.49. The molecule has 0 spiro atoms. The lowest BCUT2D eigenvalue weighted by molar-refractivity contribution is 0.171. The van der Waals surface area contributed by atoms with E-state index in [-0.39, 0.29) is 0 Å². The van der Waals surface area contributed by atoms with Gasteiger partial charge >= 0.3 is 62.6 Å². The van der Waals surface area contributed by atoms with Crippen molar-refractivity contribution in [3.63, 3.8) is 0 Å². The fourth-order valence-electron chi connectivity index (χ4n) is 1.16. The fraction of sp³-hybridized carbons (Fsp3) is 0. The summed E-state index contributed by atoms with van der Waals surface area (Å²) in [4.78, 5) is 72.8. The second-order valence-electron chi connectivity index (χ2n) is 4.40. The predicted molar refractivity (Wildman–Crippen MR) is 87.3 cm³/mol. The van der Waals surface area contributed by atoms with Crippen LogP contribution in [0.4, 0.5) is 0 Å². The van der Waals surface area contributed by atoms with Crippen molar-refractivity contribution < 1.29 is 110 Å². The van der Waals surface area contributed by atoms with Crippen LogP contribution < -0.4 is 0 Å². The Labute approximate surface area is 173 Å².